The average Bonchev–Trinajstić information content (AvgIpc) is 2.87. The summed E-state index contributed by atoms with van der Waals surface area (Å²) in [6.45, 7) is 0.530. The summed E-state index contributed by atoms with van der Waals surface area (Å²) >= 11 is 3.43. The summed E-state index contributed by atoms with van der Waals surface area (Å²) in [4.78, 5) is 4.40. The SMILES string of the molecule is Cn1c(-c2ccc(Br)cc2)cnc1NCc1cccc(F)c1. The maximum absolute atomic E-state index is 13.2. The van der Waals surface area contributed by atoms with Gasteiger partial charge in [0, 0.05) is 18.1 Å². The Labute approximate surface area is 136 Å². The van der Waals surface area contributed by atoms with Gasteiger partial charge in [-0.05, 0) is 35.4 Å². The summed E-state index contributed by atoms with van der Waals surface area (Å²) in [5.74, 6) is 0.525. The van der Waals surface area contributed by atoms with Crippen LogP contribution in [0.15, 0.2) is 59.2 Å². The van der Waals surface area contributed by atoms with Crippen LogP contribution in [-0.4, -0.2) is 9.55 Å². The number of imidazole rings is 1. The van der Waals surface area contributed by atoms with Crippen molar-refractivity contribution in [1.82, 2.24) is 9.55 Å². The molecule has 5 heteroatoms. The molecule has 3 rings (SSSR count). The molecule has 112 valence electrons. The Morgan fingerprint density at radius 3 is 2.68 bits per heavy atom. The van der Waals surface area contributed by atoms with E-state index in [0.29, 0.717) is 6.54 Å². The molecule has 0 saturated heterocycles. The van der Waals surface area contributed by atoms with Crippen LogP contribution in [0.4, 0.5) is 10.3 Å². The van der Waals surface area contributed by atoms with E-state index in [1.54, 1.807) is 6.07 Å². The zero-order valence-corrected chi connectivity index (χ0v) is 13.6. The lowest BCUT2D eigenvalue weighted by Gasteiger charge is -2.08. The summed E-state index contributed by atoms with van der Waals surface area (Å²) < 4.78 is 16.2. The second-order valence-electron chi connectivity index (χ2n) is 5.02. The molecular formula is C17H15BrFN3. The lowest BCUT2D eigenvalue weighted by Crippen LogP contribution is -2.05. The molecule has 2 aromatic carbocycles. The molecule has 3 nitrogen and oxygen atoms in total. The Morgan fingerprint density at radius 2 is 1.95 bits per heavy atom. The standard InChI is InChI=1S/C17H15BrFN3/c1-22-16(13-5-7-14(18)8-6-13)11-21-17(22)20-10-12-3-2-4-15(19)9-12/h2-9,11H,10H2,1H3,(H,20,21). The highest BCUT2D eigenvalue weighted by Crippen LogP contribution is 2.23. The fraction of sp³-hybridized carbons (Fsp3) is 0.118. The van der Waals surface area contributed by atoms with Crippen molar-refractivity contribution in [3.8, 4) is 11.3 Å². The summed E-state index contributed by atoms with van der Waals surface area (Å²) in [5, 5.41) is 3.23. The first-order valence-electron chi connectivity index (χ1n) is 6.89. The Morgan fingerprint density at radius 1 is 1.18 bits per heavy atom. The lowest BCUT2D eigenvalue weighted by atomic mass is 10.2. The van der Waals surface area contributed by atoms with Crippen LogP contribution in [0.25, 0.3) is 11.3 Å². The van der Waals surface area contributed by atoms with Gasteiger partial charge in [-0.25, -0.2) is 9.37 Å². The predicted octanol–water partition coefficient (Wildman–Crippen LogP) is 4.60. The van der Waals surface area contributed by atoms with Gasteiger partial charge in [0.25, 0.3) is 0 Å². The molecule has 0 aliphatic heterocycles. The number of anilines is 1. The maximum Gasteiger partial charge on any atom is 0.203 e. The van der Waals surface area contributed by atoms with Crippen molar-refractivity contribution >= 4 is 21.9 Å². The number of hydrogen-bond donors (Lipinski definition) is 1. The third kappa shape index (κ3) is 3.20. The minimum atomic E-state index is -0.227. The molecule has 0 aliphatic carbocycles. The minimum absolute atomic E-state index is 0.227. The van der Waals surface area contributed by atoms with Crippen LogP contribution >= 0.6 is 15.9 Å². The molecule has 0 amide bonds. The van der Waals surface area contributed by atoms with E-state index in [1.807, 2.05) is 48.1 Å². The molecule has 0 aliphatic rings. The predicted molar refractivity (Wildman–Crippen MR) is 90.1 cm³/mol. The molecular weight excluding hydrogens is 345 g/mol. The molecule has 0 bridgehead atoms. The van der Waals surface area contributed by atoms with Gasteiger partial charge in [-0.3, -0.25) is 0 Å². The number of halogens is 2. The van der Waals surface area contributed by atoms with Crippen LogP contribution in [0, 0.1) is 5.82 Å². The third-order valence-corrected chi connectivity index (χ3v) is 4.00. The molecule has 0 saturated carbocycles. The van der Waals surface area contributed by atoms with E-state index in [2.05, 4.69) is 26.2 Å². The fourth-order valence-corrected chi connectivity index (χ4v) is 2.56. The van der Waals surface area contributed by atoms with Gasteiger partial charge in [0.1, 0.15) is 5.82 Å². The number of nitrogens with one attached hydrogen (secondary N) is 1. The second-order valence-corrected chi connectivity index (χ2v) is 5.93. The molecule has 0 spiro atoms. The monoisotopic (exact) mass is 359 g/mol. The Hall–Kier alpha value is -2.14. The molecule has 3 aromatic rings. The normalized spacial score (nSPS) is 10.7. The van der Waals surface area contributed by atoms with Gasteiger partial charge in [0.15, 0.2) is 0 Å². The molecule has 1 heterocycles. The van der Waals surface area contributed by atoms with Gasteiger partial charge >= 0.3 is 0 Å². The van der Waals surface area contributed by atoms with E-state index in [4.69, 9.17) is 0 Å². The van der Waals surface area contributed by atoms with E-state index in [0.717, 1.165) is 27.2 Å². The summed E-state index contributed by atoms with van der Waals surface area (Å²) in [5.41, 5.74) is 3.00. The largest absolute Gasteiger partial charge is 0.352 e. The minimum Gasteiger partial charge on any atom is -0.352 e. The van der Waals surface area contributed by atoms with Gasteiger partial charge in [0.2, 0.25) is 5.95 Å². The van der Waals surface area contributed by atoms with Crippen molar-refractivity contribution < 1.29 is 4.39 Å². The molecule has 0 atom stereocenters. The van der Waals surface area contributed by atoms with Crippen LogP contribution in [0.5, 0.6) is 0 Å². The van der Waals surface area contributed by atoms with E-state index in [1.165, 1.54) is 12.1 Å². The fourth-order valence-electron chi connectivity index (χ4n) is 2.29. The zero-order chi connectivity index (χ0) is 15.5. The second kappa shape index (κ2) is 6.32. The van der Waals surface area contributed by atoms with Gasteiger partial charge < -0.3 is 9.88 Å². The topological polar surface area (TPSA) is 29.9 Å². The molecule has 0 fully saturated rings. The lowest BCUT2D eigenvalue weighted by molar-refractivity contribution is 0.626. The van der Waals surface area contributed by atoms with Crippen molar-refractivity contribution in [2.45, 2.75) is 6.54 Å². The van der Waals surface area contributed by atoms with Crippen LogP contribution in [0.1, 0.15) is 5.56 Å². The molecule has 0 radical (unpaired) electrons. The van der Waals surface area contributed by atoms with Crippen molar-refractivity contribution in [2.24, 2.45) is 7.05 Å². The Bertz CT molecular complexity index is 781. The van der Waals surface area contributed by atoms with Gasteiger partial charge in [-0.1, -0.05) is 40.2 Å². The summed E-state index contributed by atoms with van der Waals surface area (Å²) in [7, 11) is 1.96. The smallest absolute Gasteiger partial charge is 0.203 e. The molecule has 22 heavy (non-hydrogen) atoms. The highest BCUT2D eigenvalue weighted by atomic mass is 79.9. The highest BCUT2D eigenvalue weighted by Gasteiger charge is 2.08. The van der Waals surface area contributed by atoms with Gasteiger partial charge in [-0.15, -0.1) is 0 Å². The first kappa shape index (κ1) is 14.8. The number of aromatic nitrogens is 2. The molecule has 1 aromatic heterocycles. The van der Waals surface area contributed by atoms with Gasteiger partial charge in [0.05, 0.1) is 11.9 Å². The quantitative estimate of drug-likeness (QED) is 0.737. The number of benzene rings is 2. The van der Waals surface area contributed by atoms with E-state index >= 15 is 0 Å². The Balaban J connectivity index is 1.77. The van der Waals surface area contributed by atoms with Crippen molar-refractivity contribution in [2.75, 3.05) is 5.32 Å². The zero-order valence-electron chi connectivity index (χ0n) is 12.1. The highest BCUT2D eigenvalue weighted by molar-refractivity contribution is 9.10. The first-order chi connectivity index (χ1) is 10.6. The average molecular weight is 360 g/mol. The van der Waals surface area contributed by atoms with Crippen molar-refractivity contribution in [3.05, 3.63) is 70.6 Å². The van der Waals surface area contributed by atoms with Gasteiger partial charge in [-0.2, -0.15) is 0 Å². The van der Waals surface area contributed by atoms with Crippen molar-refractivity contribution in [3.63, 3.8) is 0 Å². The van der Waals surface area contributed by atoms with E-state index < -0.39 is 0 Å². The van der Waals surface area contributed by atoms with E-state index in [-0.39, 0.29) is 5.82 Å². The van der Waals surface area contributed by atoms with Crippen LogP contribution in [0.3, 0.4) is 0 Å². The van der Waals surface area contributed by atoms with Crippen molar-refractivity contribution in [1.29, 1.82) is 0 Å². The van der Waals surface area contributed by atoms with Crippen LogP contribution in [-0.2, 0) is 13.6 Å². The number of rotatable bonds is 4. The van der Waals surface area contributed by atoms with Crippen LogP contribution < -0.4 is 5.32 Å². The number of nitrogens with zero attached hydrogens (tertiary/aromatic N) is 2. The molecule has 1 N–H and O–H groups in total. The Kier molecular flexibility index (Phi) is 4.24. The van der Waals surface area contributed by atoms with E-state index in [9.17, 15) is 4.39 Å². The summed E-state index contributed by atoms with van der Waals surface area (Å²) in [6.07, 6.45) is 1.83. The maximum atomic E-state index is 13.2. The first-order valence-corrected chi connectivity index (χ1v) is 7.69. The molecule has 0 unspecified atom stereocenters. The number of hydrogen-bond acceptors (Lipinski definition) is 2. The third-order valence-electron chi connectivity index (χ3n) is 3.47. The van der Waals surface area contributed by atoms with Crippen LogP contribution in [0.2, 0.25) is 0 Å². The summed E-state index contributed by atoms with van der Waals surface area (Å²) in [6, 6.07) is 14.6.